The van der Waals surface area contributed by atoms with Gasteiger partial charge in [-0.3, -0.25) is 0 Å². The molecule has 2 atom stereocenters. The Morgan fingerprint density at radius 3 is 2.65 bits per heavy atom. The van der Waals surface area contributed by atoms with E-state index in [2.05, 4.69) is 65.7 Å². The van der Waals surface area contributed by atoms with Crippen LogP contribution in [0.2, 0.25) is 0 Å². The van der Waals surface area contributed by atoms with Crippen LogP contribution >= 0.6 is 22.6 Å². The molecule has 0 radical (unpaired) electrons. The molecule has 1 aromatic carbocycles. The van der Waals surface area contributed by atoms with E-state index in [0.29, 0.717) is 6.04 Å². The van der Waals surface area contributed by atoms with Crippen molar-refractivity contribution in [2.75, 3.05) is 13.6 Å². The molecule has 0 aliphatic carbocycles. The number of aliphatic hydroxyl groups is 1. The summed E-state index contributed by atoms with van der Waals surface area (Å²) >= 11 is 2.31. The molecule has 1 aliphatic heterocycles. The summed E-state index contributed by atoms with van der Waals surface area (Å²) in [5.74, 6) is 0. The van der Waals surface area contributed by atoms with E-state index in [4.69, 9.17) is 0 Å². The zero-order valence-electron chi connectivity index (χ0n) is 10.5. The maximum absolute atomic E-state index is 10.7. The molecule has 2 rings (SSSR count). The van der Waals surface area contributed by atoms with E-state index in [1.165, 1.54) is 9.13 Å². The fraction of sp³-hybridized carbons (Fsp3) is 0.571. The second kappa shape index (κ2) is 5.24. The normalized spacial score (nSPS) is 30.5. The molecular formula is C14H20INO. The van der Waals surface area contributed by atoms with E-state index < -0.39 is 5.60 Å². The molecule has 1 saturated heterocycles. The monoisotopic (exact) mass is 345 g/mol. The Morgan fingerprint density at radius 2 is 2.06 bits per heavy atom. The standard InChI is InChI=1S/C14H20INO/c1-11-9-14(17,7-8-16(11)2)10-12-3-5-13(15)6-4-12/h3-6,11,17H,7-10H2,1-2H3. The van der Waals surface area contributed by atoms with Crippen LogP contribution in [0.5, 0.6) is 0 Å². The highest BCUT2D eigenvalue weighted by Crippen LogP contribution is 2.29. The summed E-state index contributed by atoms with van der Waals surface area (Å²) in [5, 5.41) is 10.7. The van der Waals surface area contributed by atoms with E-state index in [9.17, 15) is 5.11 Å². The van der Waals surface area contributed by atoms with Gasteiger partial charge in [0.1, 0.15) is 0 Å². The minimum Gasteiger partial charge on any atom is -0.389 e. The van der Waals surface area contributed by atoms with Gasteiger partial charge in [0, 0.05) is 22.6 Å². The van der Waals surface area contributed by atoms with Gasteiger partial charge in [0.15, 0.2) is 0 Å². The Bertz CT molecular complexity index is 378. The Labute approximate surface area is 117 Å². The predicted octanol–water partition coefficient (Wildman–Crippen LogP) is 2.68. The van der Waals surface area contributed by atoms with E-state index in [-0.39, 0.29) is 0 Å². The Kier molecular flexibility index (Phi) is 4.10. The molecule has 94 valence electrons. The van der Waals surface area contributed by atoms with Crippen molar-refractivity contribution in [1.29, 1.82) is 0 Å². The van der Waals surface area contributed by atoms with Gasteiger partial charge >= 0.3 is 0 Å². The lowest BCUT2D eigenvalue weighted by Crippen LogP contribution is -2.48. The lowest BCUT2D eigenvalue weighted by atomic mass is 9.82. The molecule has 0 aromatic heterocycles. The van der Waals surface area contributed by atoms with Crippen molar-refractivity contribution in [3.05, 3.63) is 33.4 Å². The average molecular weight is 345 g/mol. The fourth-order valence-corrected chi connectivity index (χ4v) is 2.91. The van der Waals surface area contributed by atoms with Gasteiger partial charge in [-0.25, -0.2) is 0 Å². The third-order valence-electron chi connectivity index (χ3n) is 3.80. The molecule has 17 heavy (non-hydrogen) atoms. The summed E-state index contributed by atoms with van der Waals surface area (Å²) in [6, 6.07) is 8.94. The fourth-order valence-electron chi connectivity index (χ4n) is 2.56. The smallest absolute Gasteiger partial charge is 0.0714 e. The van der Waals surface area contributed by atoms with Crippen molar-refractivity contribution < 1.29 is 5.11 Å². The predicted molar refractivity (Wildman–Crippen MR) is 79.1 cm³/mol. The van der Waals surface area contributed by atoms with Gasteiger partial charge in [-0.1, -0.05) is 12.1 Å². The Hall–Kier alpha value is -0.130. The van der Waals surface area contributed by atoms with Gasteiger partial charge in [-0.05, 0) is 67.1 Å². The maximum Gasteiger partial charge on any atom is 0.0714 e. The number of likely N-dealkylation sites (tertiary alicyclic amines) is 1. The number of benzene rings is 1. The maximum atomic E-state index is 10.7. The summed E-state index contributed by atoms with van der Waals surface area (Å²) < 4.78 is 1.25. The van der Waals surface area contributed by atoms with Crippen molar-refractivity contribution in [3.8, 4) is 0 Å². The topological polar surface area (TPSA) is 23.5 Å². The van der Waals surface area contributed by atoms with Gasteiger partial charge in [-0.15, -0.1) is 0 Å². The van der Waals surface area contributed by atoms with E-state index in [1.807, 2.05) is 0 Å². The van der Waals surface area contributed by atoms with Crippen molar-refractivity contribution >= 4 is 22.6 Å². The largest absolute Gasteiger partial charge is 0.389 e. The van der Waals surface area contributed by atoms with Crippen LogP contribution in [-0.4, -0.2) is 35.2 Å². The van der Waals surface area contributed by atoms with Crippen LogP contribution in [0.4, 0.5) is 0 Å². The van der Waals surface area contributed by atoms with E-state index in [0.717, 1.165) is 25.8 Å². The molecule has 0 bridgehead atoms. The third kappa shape index (κ3) is 3.42. The Balaban J connectivity index is 2.05. The zero-order valence-corrected chi connectivity index (χ0v) is 12.6. The SMILES string of the molecule is CC1CC(O)(Cc2ccc(I)cc2)CCN1C. The first-order valence-electron chi connectivity index (χ1n) is 6.16. The number of piperidine rings is 1. The highest BCUT2D eigenvalue weighted by molar-refractivity contribution is 14.1. The minimum absolute atomic E-state index is 0.470. The zero-order chi connectivity index (χ0) is 12.5. The molecule has 1 heterocycles. The molecule has 0 spiro atoms. The first-order valence-corrected chi connectivity index (χ1v) is 7.23. The highest BCUT2D eigenvalue weighted by Gasteiger charge is 2.34. The number of nitrogens with zero attached hydrogens (tertiary/aromatic N) is 1. The van der Waals surface area contributed by atoms with Gasteiger partial charge in [0.2, 0.25) is 0 Å². The lowest BCUT2D eigenvalue weighted by Gasteiger charge is -2.41. The number of halogens is 1. The van der Waals surface area contributed by atoms with Crippen LogP contribution in [0.1, 0.15) is 25.3 Å². The molecule has 0 saturated carbocycles. The number of hydrogen-bond donors (Lipinski definition) is 1. The van der Waals surface area contributed by atoms with Crippen molar-refractivity contribution in [2.24, 2.45) is 0 Å². The molecule has 2 nitrogen and oxygen atoms in total. The molecule has 1 N–H and O–H groups in total. The second-order valence-corrected chi connectivity index (χ2v) is 6.56. The van der Waals surface area contributed by atoms with Gasteiger partial charge in [-0.2, -0.15) is 0 Å². The van der Waals surface area contributed by atoms with Crippen molar-refractivity contribution in [3.63, 3.8) is 0 Å². The van der Waals surface area contributed by atoms with Crippen LogP contribution in [0.3, 0.4) is 0 Å². The lowest BCUT2D eigenvalue weighted by molar-refractivity contribution is -0.0353. The summed E-state index contributed by atoms with van der Waals surface area (Å²) in [6.45, 7) is 3.18. The van der Waals surface area contributed by atoms with Gasteiger partial charge in [0.05, 0.1) is 5.60 Å². The van der Waals surface area contributed by atoms with Gasteiger partial charge < -0.3 is 10.0 Å². The first-order chi connectivity index (χ1) is 7.98. The summed E-state index contributed by atoms with van der Waals surface area (Å²) in [4.78, 5) is 2.32. The van der Waals surface area contributed by atoms with Crippen LogP contribution in [0.25, 0.3) is 0 Å². The van der Waals surface area contributed by atoms with Crippen LogP contribution in [-0.2, 0) is 6.42 Å². The second-order valence-electron chi connectivity index (χ2n) is 5.31. The van der Waals surface area contributed by atoms with E-state index in [1.54, 1.807) is 0 Å². The summed E-state index contributed by atoms with van der Waals surface area (Å²) in [5.41, 5.74) is 0.725. The first kappa shape index (κ1) is 13.3. The van der Waals surface area contributed by atoms with Crippen LogP contribution < -0.4 is 0 Å². The Morgan fingerprint density at radius 1 is 1.41 bits per heavy atom. The van der Waals surface area contributed by atoms with E-state index >= 15 is 0 Å². The third-order valence-corrected chi connectivity index (χ3v) is 4.52. The molecule has 1 aromatic rings. The highest BCUT2D eigenvalue weighted by atomic mass is 127. The summed E-state index contributed by atoms with van der Waals surface area (Å²) in [6.07, 6.45) is 2.53. The quantitative estimate of drug-likeness (QED) is 0.834. The average Bonchev–Trinajstić information content (AvgIpc) is 2.28. The molecule has 2 unspecified atom stereocenters. The van der Waals surface area contributed by atoms with Gasteiger partial charge in [0.25, 0.3) is 0 Å². The molecule has 3 heteroatoms. The molecule has 1 fully saturated rings. The number of hydrogen-bond acceptors (Lipinski definition) is 2. The molecular weight excluding hydrogens is 325 g/mol. The van der Waals surface area contributed by atoms with Crippen molar-refractivity contribution in [1.82, 2.24) is 4.90 Å². The minimum atomic E-state index is -0.515. The molecule has 1 aliphatic rings. The van der Waals surface area contributed by atoms with Crippen LogP contribution in [0, 0.1) is 3.57 Å². The number of rotatable bonds is 2. The van der Waals surface area contributed by atoms with Crippen molar-refractivity contribution in [2.45, 2.75) is 37.8 Å². The van der Waals surface area contributed by atoms with Crippen LogP contribution in [0.15, 0.2) is 24.3 Å². The molecule has 0 amide bonds. The summed E-state index contributed by atoms with van der Waals surface area (Å²) in [7, 11) is 2.13.